The molecule has 2 amide bonds. The van der Waals surface area contributed by atoms with Crippen molar-refractivity contribution in [3.8, 4) is 0 Å². The molecule has 1 aromatic rings. The summed E-state index contributed by atoms with van der Waals surface area (Å²) in [4.78, 5) is 27.0. The van der Waals surface area contributed by atoms with E-state index < -0.39 is 0 Å². The van der Waals surface area contributed by atoms with Crippen molar-refractivity contribution in [1.29, 1.82) is 0 Å². The minimum absolute atomic E-state index is 0.00497. The van der Waals surface area contributed by atoms with E-state index in [9.17, 15) is 9.59 Å². The van der Waals surface area contributed by atoms with Gasteiger partial charge in [-0.05, 0) is 5.56 Å². The van der Waals surface area contributed by atoms with E-state index in [0.29, 0.717) is 39.3 Å². The maximum Gasteiger partial charge on any atom is 0.409 e. The van der Waals surface area contributed by atoms with Gasteiger partial charge in [0.15, 0.2) is 0 Å². The van der Waals surface area contributed by atoms with Gasteiger partial charge in [0.25, 0.3) is 0 Å². The van der Waals surface area contributed by atoms with E-state index in [2.05, 4.69) is 10.1 Å². The van der Waals surface area contributed by atoms with Crippen molar-refractivity contribution in [2.75, 3.05) is 39.8 Å². The molecule has 1 aliphatic heterocycles. The van der Waals surface area contributed by atoms with E-state index in [0.717, 1.165) is 5.56 Å². The van der Waals surface area contributed by atoms with E-state index in [1.807, 2.05) is 35.2 Å². The van der Waals surface area contributed by atoms with Gasteiger partial charge < -0.3 is 15.0 Å². The zero-order valence-corrected chi connectivity index (χ0v) is 12.2. The molecule has 0 spiro atoms. The quantitative estimate of drug-likeness (QED) is 0.886. The number of carbonyl (C=O) groups is 2. The summed E-state index contributed by atoms with van der Waals surface area (Å²) in [5.41, 5.74) is 1.08. The van der Waals surface area contributed by atoms with Crippen molar-refractivity contribution < 1.29 is 14.3 Å². The Balaban J connectivity index is 1.68. The molecule has 0 bridgehead atoms. The summed E-state index contributed by atoms with van der Waals surface area (Å²) in [6.45, 7) is 3.47. The standard InChI is InChI=1S/C15H21N3O3/c1-21-15(20)18-9-7-17(8-10-18)12-14(19)16-11-13-5-3-2-4-6-13/h2-6H,7-12H2,1H3,(H,16,19). The third-order valence-electron chi connectivity index (χ3n) is 3.50. The van der Waals surface area contributed by atoms with Crippen molar-refractivity contribution in [2.45, 2.75) is 6.54 Å². The molecule has 1 fully saturated rings. The molecule has 6 nitrogen and oxygen atoms in total. The van der Waals surface area contributed by atoms with Crippen LogP contribution < -0.4 is 5.32 Å². The molecule has 6 heteroatoms. The fraction of sp³-hybridized carbons (Fsp3) is 0.467. The molecule has 0 aliphatic carbocycles. The van der Waals surface area contributed by atoms with Gasteiger partial charge in [0.05, 0.1) is 13.7 Å². The maximum atomic E-state index is 11.9. The fourth-order valence-electron chi connectivity index (χ4n) is 2.27. The topological polar surface area (TPSA) is 61.9 Å². The minimum atomic E-state index is -0.303. The molecule has 0 aromatic heterocycles. The summed E-state index contributed by atoms with van der Waals surface area (Å²) >= 11 is 0. The molecule has 1 aromatic carbocycles. The first-order valence-corrected chi connectivity index (χ1v) is 7.05. The van der Waals surface area contributed by atoms with Gasteiger partial charge in [0.2, 0.25) is 5.91 Å². The van der Waals surface area contributed by atoms with E-state index in [1.165, 1.54) is 7.11 Å². The summed E-state index contributed by atoms with van der Waals surface area (Å²) in [5.74, 6) is 0.00497. The van der Waals surface area contributed by atoms with Gasteiger partial charge in [-0.3, -0.25) is 9.69 Å². The van der Waals surface area contributed by atoms with Crippen LogP contribution in [0, 0.1) is 0 Å². The van der Waals surface area contributed by atoms with Gasteiger partial charge in [-0.2, -0.15) is 0 Å². The zero-order chi connectivity index (χ0) is 15.1. The third-order valence-corrected chi connectivity index (χ3v) is 3.50. The van der Waals surface area contributed by atoms with E-state index in [4.69, 9.17) is 0 Å². The second kappa shape index (κ2) is 7.64. The van der Waals surface area contributed by atoms with Crippen LogP contribution in [0.3, 0.4) is 0 Å². The number of nitrogens with one attached hydrogen (secondary N) is 1. The molecule has 114 valence electrons. The number of methoxy groups -OCH3 is 1. The minimum Gasteiger partial charge on any atom is -0.453 e. The zero-order valence-electron chi connectivity index (χ0n) is 12.2. The lowest BCUT2D eigenvalue weighted by Gasteiger charge is -2.33. The molecular formula is C15H21N3O3. The number of piperazine rings is 1. The average Bonchev–Trinajstić information content (AvgIpc) is 2.54. The van der Waals surface area contributed by atoms with Crippen LogP contribution in [0.15, 0.2) is 30.3 Å². The summed E-state index contributed by atoms with van der Waals surface area (Å²) in [5, 5.41) is 2.91. The van der Waals surface area contributed by atoms with Crippen molar-refractivity contribution in [3.63, 3.8) is 0 Å². The highest BCUT2D eigenvalue weighted by Crippen LogP contribution is 2.03. The first kappa shape index (κ1) is 15.3. The Hall–Kier alpha value is -2.08. The molecule has 1 saturated heterocycles. The predicted molar refractivity (Wildman–Crippen MR) is 78.7 cm³/mol. The van der Waals surface area contributed by atoms with Gasteiger partial charge >= 0.3 is 6.09 Å². The summed E-state index contributed by atoms with van der Waals surface area (Å²) in [6, 6.07) is 9.82. The number of benzene rings is 1. The maximum absolute atomic E-state index is 11.9. The van der Waals surface area contributed by atoms with Crippen LogP contribution in [0.25, 0.3) is 0 Å². The van der Waals surface area contributed by atoms with Crippen LogP contribution in [0.5, 0.6) is 0 Å². The number of amides is 2. The second-order valence-electron chi connectivity index (χ2n) is 5.00. The summed E-state index contributed by atoms with van der Waals surface area (Å²) in [6.07, 6.45) is -0.303. The van der Waals surface area contributed by atoms with E-state index in [-0.39, 0.29) is 12.0 Å². The van der Waals surface area contributed by atoms with Crippen molar-refractivity contribution >= 4 is 12.0 Å². The van der Waals surface area contributed by atoms with Crippen LogP contribution in [-0.2, 0) is 16.1 Å². The molecule has 21 heavy (non-hydrogen) atoms. The first-order valence-electron chi connectivity index (χ1n) is 7.05. The third kappa shape index (κ3) is 4.75. The smallest absolute Gasteiger partial charge is 0.409 e. The van der Waals surface area contributed by atoms with Crippen molar-refractivity contribution in [2.24, 2.45) is 0 Å². The highest BCUT2D eigenvalue weighted by Gasteiger charge is 2.22. The lowest BCUT2D eigenvalue weighted by atomic mass is 10.2. The van der Waals surface area contributed by atoms with Gasteiger partial charge in [0.1, 0.15) is 0 Å². The lowest BCUT2D eigenvalue weighted by molar-refractivity contribution is -0.122. The van der Waals surface area contributed by atoms with Gasteiger partial charge in [-0.25, -0.2) is 4.79 Å². The van der Waals surface area contributed by atoms with Crippen LogP contribution in [0.4, 0.5) is 4.79 Å². The molecule has 0 radical (unpaired) electrons. The highest BCUT2D eigenvalue weighted by atomic mass is 16.5. The second-order valence-corrected chi connectivity index (χ2v) is 5.00. The lowest BCUT2D eigenvalue weighted by Crippen LogP contribution is -2.51. The summed E-state index contributed by atoms with van der Waals surface area (Å²) in [7, 11) is 1.38. The van der Waals surface area contributed by atoms with Crippen molar-refractivity contribution in [3.05, 3.63) is 35.9 Å². The number of ether oxygens (including phenoxy) is 1. The number of rotatable bonds is 4. The predicted octanol–water partition coefficient (Wildman–Crippen LogP) is 0.687. The van der Waals surface area contributed by atoms with Crippen LogP contribution in [0.2, 0.25) is 0 Å². The number of hydrogen-bond donors (Lipinski definition) is 1. The fourth-order valence-corrected chi connectivity index (χ4v) is 2.27. The highest BCUT2D eigenvalue weighted by molar-refractivity contribution is 5.78. The number of hydrogen-bond acceptors (Lipinski definition) is 4. The molecule has 0 saturated carbocycles. The summed E-state index contributed by atoms with van der Waals surface area (Å²) < 4.78 is 4.68. The Morgan fingerprint density at radius 1 is 1.14 bits per heavy atom. The molecular weight excluding hydrogens is 270 g/mol. The molecule has 0 atom stereocenters. The van der Waals surface area contributed by atoms with Gasteiger partial charge in [0, 0.05) is 32.7 Å². The monoisotopic (exact) mass is 291 g/mol. The number of nitrogens with zero attached hydrogens (tertiary/aromatic N) is 2. The molecule has 0 unspecified atom stereocenters. The first-order chi connectivity index (χ1) is 10.2. The Bertz CT molecular complexity index is 470. The van der Waals surface area contributed by atoms with Crippen molar-refractivity contribution in [1.82, 2.24) is 15.1 Å². The van der Waals surface area contributed by atoms with E-state index >= 15 is 0 Å². The van der Waals surface area contributed by atoms with Gasteiger partial charge in [-0.1, -0.05) is 30.3 Å². The Morgan fingerprint density at radius 2 is 1.81 bits per heavy atom. The van der Waals surface area contributed by atoms with Crippen LogP contribution in [0.1, 0.15) is 5.56 Å². The van der Waals surface area contributed by atoms with Gasteiger partial charge in [-0.15, -0.1) is 0 Å². The Morgan fingerprint density at radius 3 is 2.43 bits per heavy atom. The van der Waals surface area contributed by atoms with E-state index in [1.54, 1.807) is 4.90 Å². The normalized spacial score (nSPS) is 15.6. The number of carbonyl (C=O) groups excluding carboxylic acids is 2. The molecule has 1 heterocycles. The largest absolute Gasteiger partial charge is 0.453 e. The Labute approximate surface area is 124 Å². The molecule has 1 N–H and O–H groups in total. The Kier molecular flexibility index (Phi) is 5.57. The molecule has 2 rings (SSSR count). The average molecular weight is 291 g/mol. The van der Waals surface area contributed by atoms with Crippen LogP contribution in [-0.4, -0.2) is 61.6 Å². The van der Waals surface area contributed by atoms with Crippen LogP contribution >= 0.6 is 0 Å². The SMILES string of the molecule is COC(=O)N1CCN(CC(=O)NCc2ccccc2)CC1. The molecule has 1 aliphatic rings.